The zero-order chi connectivity index (χ0) is 21.9. The quantitative estimate of drug-likeness (QED) is 0.399. The number of aliphatic hydroxyl groups is 1. The Balaban J connectivity index is 1.35. The van der Waals surface area contributed by atoms with Crippen molar-refractivity contribution in [2.45, 2.75) is 77.2 Å². The van der Waals surface area contributed by atoms with Crippen LogP contribution < -0.4 is 0 Å². The molecule has 176 valence electrons. The second kappa shape index (κ2) is 13.2. The first-order chi connectivity index (χ1) is 15.2. The summed E-state index contributed by atoms with van der Waals surface area (Å²) in [6.07, 6.45) is 10.3. The fourth-order valence-electron chi connectivity index (χ4n) is 4.50. The van der Waals surface area contributed by atoms with E-state index in [0.717, 1.165) is 70.9 Å². The highest BCUT2D eigenvalue weighted by Gasteiger charge is 2.27. The molecule has 8 nitrogen and oxygen atoms in total. The number of amides is 1. The number of aromatic nitrogens is 2. The molecule has 3 heterocycles. The van der Waals surface area contributed by atoms with Crippen molar-refractivity contribution in [2.24, 2.45) is 0 Å². The number of imidazole rings is 1. The van der Waals surface area contributed by atoms with Gasteiger partial charge in [-0.2, -0.15) is 0 Å². The molecule has 0 bridgehead atoms. The van der Waals surface area contributed by atoms with Crippen molar-refractivity contribution in [1.82, 2.24) is 19.4 Å². The van der Waals surface area contributed by atoms with Gasteiger partial charge in [-0.1, -0.05) is 26.2 Å². The molecular formula is C23H40N4O4. The van der Waals surface area contributed by atoms with Crippen molar-refractivity contribution >= 4 is 5.91 Å². The van der Waals surface area contributed by atoms with Crippen molar-refractivity contribution in [3.63, 3.8) is 0 Å². The van der Waals surface area contributed by atoms with Gasteiger partial charge in [0.05, 0.1) is 19.8 Å². The van der Waals surface area contributed by atoms with E-state index in [1.165, 1.54) is 12.8 Å². The molecule has 2 aliphatic heterocycles. The molecule has 0 radical (unpaired) electrons. The summed E-state index contributed by atoms with van der Waals surface area (Å²) in [7, 11) is 0. The third-order valence-corrected chi connectivity index (χ3v) is 6.40. The van der Waals surface area contributed by atoms with Crippen molar-refractivity contribution in [3.05, 3.63) is 18.2 Å². The summed E-state index contributed by atoms with van der Waals surface area (Å²) in [6.45, 7) is 8.43. The van der Waals surface area contributed by atoms with Crippen molar-refractivity contribution in [3.8, 4) is 0 Å². The van der Waals surface area contributed by atoms with Crippen LogP contribution in [0, 0.1) is 0 Å². The molecule has 1 aromatic rings. The molecule has 2 fully saturated rings. The number of hydrogen-bond donors (Lipinski definition) is 1. The third kappa shape index (κ3) is 7.86. The SMILES string of the molecule is CCCCCCOC(O)Cn1ccnc1CCC(=O)N1CCC(N2CCOCC2)CC1. The van der Waals surface area contributed by atoms with E-state index in [1.807, 2.05) is 15.7 Å². The minimum Gasteiger partial charge on any atom is -0.379 e. The Morgan fingerprint density at radius 2 is 2.00 bits per heavy atom. The minimum absolute atomic E-state index is 0.197. The molecule has 31 heavy (non-hydrogen) atoms. The second-order valence-corrected chi connectivity index (χ2v) is 8.64. The van der Waals surface area contributed by atoms with Crippen LogP contribution in [0.3, 0.4) is 0 Å². The summed E-state index contributed by atoms with van der Waals surface area (Å²) in [5, 5.41) is 10.2. The second-order valence-electron chi connectivity index (χ2n) is 8.64. The van der Waals surface area contributed by atoms with Crippen molar-refractivity contribution < 1.29 is 19.4 Å². The monoisotopic (exact) mass is 436 g/mol. The van der Waals surface area contributed by atoms with Crippen LogP contribution in [-0.4, -0.2) is 88.7 Å². The van der Waals surface area contributed by atoms with Gasteiger partial charge >= 0.3 is 0 Å². The van der Waals surface area contributed by atoms with Gasteiger partial charge in [-0.25, -0.2) is 4.98 Å². The summed E-state index contributed by atoms with van der Waals surface area (Å²) < 4.78 is 12.9. The van der Waals surface area contributed by atoms with Crippen LogP contribution in [0.15, 0.2) is 12.4 Å². The Hall–Kier alpha value is -1.48. The Labute approximate surface area is 186 Å². The van der Waals surface area contributed by atoms with E-state index >= 15 is 0 Å². The number of aliphatic hydroxyl groups excluding tert-OH is 1. The smallest absolute Gasteiger partial charge is 0.223 e. The van der Waals surface area contributed by atoms with E-state index in [-0.39, 0.29) is 5.91 Å². The Morgan fingerprint density at radius 1 is 1.23 bits per heavy atom. The van der Waals surface area contributed by atoms with Crippen LogP contribution >= 0.6 is 0 Å². The lowest BCUT2D eigenvalue weighted by molar-refractivity contribution is -0.133. The maximum absolute atomic E-state index is 12.7. The van der Waals surface area contributed by atoms with Gasteiger partial charge in [0.2, 0.25) is 5.91 Å². The lowest BCUT2D eigenvalue weighted by Gasteiger charge is -2.40. The number of morpholine rings is 1. The Bertz CT molecular complexity index is 639. The fraction of sp³-hybridized carbons (Fsp3) is 0.826. The summed E-state index contributed by atoms with van der Waals surface area (Å²) in [4.78, 5) is 21.6. The molecule has 2 saturated heterocycles. The maximum Gasteiger partial charge on any atom is 0.223 e. The van der Waals surface area contributed by atoms with E-state index in [0.29, 0.717) is 32.0 Å². The lowest BCUT2D eigenvalue weighted by Crippen LogP contribution is -2.50. The molecule has 8 heteroatoms. The van der Waals surface area contributed by atoms with Crippen LogP contribution in [0.2, 0.25) is 0 Å². The van der Waals surface area contributed by atoms with Gasteiger partial charge in [0, 0.05) is 64.1 Å². The Morgan fingerprint density at radius 3 is 2.74 bits per heavy atom. The number of nitrogens with zero attached hydrogens (tertiary/aromatic N) is 4. The topological polar surface area (TPSA) is 80.1 Å². The van der Waals surface area contributed by atoms with E-state index < -0.39 is 6.29 Å². The molecule has 0 spiro atoms. The van der Waals surface area contributed by atoms with E-state index in [2.05, 4.69) is 16.8 Å². The number of rotatable bonds is 12. The number of carbonyl (C=O) groups is 1. The van der Waals surface area contributed by atoms with Crippen LogP contribution in [-0.2, 0) is 27.2 Å². The molecule has 2 aliphatic rings. The van der Waals surface area contributed by atoms with Gasteiger partial charge in [0.1, 0.15) is 5.82 Å². The van der Waals surface area contributed by atoms with Crippen LogP contribution in [0.5, 0.6) is 0 Å². The van der Waals surface area contributed by atoms with Crippen molar-refractivity contribution in [1.29, 1.82) is 0 Å². The minimum atomic E-state index is -0.843. The summed E-state index contributed by atoms with van der Waals surface area (Å²) in [5.41, 5.74) is 0. The predicted molar refractivity (Wildman–Crippen MR) is 119 cm³/mol. The van der Waals surface area contributed by atoms with Gasteiger partial charge in [-0.3, -0.25) is 9.69 Å². The highest BCUT2D eigenvalue weighted by molar-refractivity contribution is 5.76. The van der Waals surface area contributed by atoms with Crippen LogP contribution in [0.25, 0.3) is 0 Å². The van der Waals surface area contributed by atoms with Gasteiger partial charge < -0.3 is 24.0 Å². The van der Waals surface area contributed by atoms with Crippen molar-refractivity contribution in [2.75, 3.05) is 46.0 Å². The average molecular weight is 437 g/mol. The van der Waals surface area contributed by atoms with Gasteiger partial charge in [-0.05, 0) is 19.3 Å². The standard InChI is InChI=1S/C23H40N4O4/c1-2-3-4-5-16-31-23(29)19-27-13-10-24-21(27)6-7-22(28)26-11-8-20(9-12-26)25-14-17-30-18-15-25/h10,13,20,23,29H,2-9,11-12,14-19H2,1H3. The normalized spacial score (nSPS) is 19.6. The van der Waals surface area contributed by atoms with E-state index in [4.69, 9.17) is 9.47 Å². The number of likely N-dealkylation sites (tertiary alicyclic amines) is 1. The van der Waals surface area contributed by atoms with Gasteiger partial charge in [0.25, 0.3) is 0 Å². The lowest BCUT2D eigenvalue weighted by atomic mass is 10.0. The molecule has 1 atom stereocenters. The average Bonchev–Trinajstić information content (AvgIpc) is 3.24. The first-order valence-electron chi connectivity index (χ1n) is 12.1. The molecular weight excluding hydrogens is 396 g/mol. The predicted octanol–water partition coefficient (Wildman–Crippen LogP) is 2.05. The molecule has 3 rings (SSSR count). The summed E-state index contributed by atoms with van der Waals surface area (Å²) >= 11 is 0. The molecule has 1 amide bonds. The first kappa shape index (κ1) is 24.2. The molecule has 1 aromatic heterocycles. The number of carbonyl (C=O) groups excluding carboxylic acids is 1. The van der Waals surface area contributed by atoms with Crippen LogP contribution in [0.4, 0.5) is 0 Å². The molecule has 0 aliphatic carbocycles. The Kier molecular flexibility index (Phi) is 10.3. The summed E-state index contributed by atoms with van der Waals surface area (Å²) in [5.74, 6) is 1.02. The number of unbranched alkanes of at least 4 members (excludes halogenated alkanes) is 3. The fourth-order valence-corrected chi connectivity index (χ4v) is 4.50. The number of hydrogen-bond acceptors (Lipinski definition) is 6. The van der Waals surface area contributed by atoms with E-state index in [1.54, 1.807) is 6.20 Å². The highest BCUT2D eigenvalue weighted by atomic mass is 16.6. The zero-order valence-corrected chi connectivity index (χ0v) is 19.1. The highest BCUT2D eigenvalue weighted by Crippen LogP contribution is 2.19. The largest absolute Gasteiger partial charge is 0.379 e. The van der Waals surface area contributed by atoms with Gasteiger partial charge in [0.15, 0.2) is 6.29 Å². The zero-order valence-electron chi connectivity index (χ0n) is 19.1. The molecule has 1 unspecified atom stereocenters. The summed E-state index contributed by atoms with van der Waals surface area (Å²) in [6, 6.07) is 0.579. The first-order valence-corrected chi connectivity index (χ1v) is 12.1. The molecule has 0 aromatic carbocycles. The number of piperidine rings is 1. The van der Waals surface area contributed by atoms with Gasteiger partial charge in [-0.15, -0.1) is 0 Å². The molecule has 0 saturated carbocycles. The third-order valence-electron chi connectivity index (χ3n) is 6.40. The van der Waals surface area contributed by atoms with Crippen LogP contribution in [0.1, 0.15) is 57.7 Å². The molecule has 1 N–H and O–H groups in total. The maximum atomic E-state index is 12.7. The number of ether oxygens (including phenoxy) is 2. The number of aryl methyl sites for hydroxylation is 1. The van der Waals surface area contributed by atoms with E-state index in [9.17, 15) is 9.90 Å².